The summed E-state index contributed by atoms with van der Waals surface area (Å²) in [6, 6.07) is 14.3. The molecule has 0 bridgehead atoms. The molecule has 0 fully saturated rings. The van der Waals surface area contributed by atoms with Crippen LogP contribution in [0.15, 0.2) is 54.7 Å². The maximum Gasteiger partial charge on any atom is 0.159 e. The number of aromatic nitrogens is 1. The summed E-state index contributed by atoms with van der Waals surface area (Å²) in [4.78, 5) is 16.1. The van der Waals surface area contributed by atoms with Crippen molar-refractivity contribution < 1.29 is 4.79 Å². The van der Waals surface area contributed by atoms with Gasteiger partial charge in [0.2, 0.25) is 0 Å². The van der Waals surface area contributed by atoms with Crippen molar-refractivity contribution >= 4 is 5.78 Å². The maximum absolute atomic E-state index is 11.9. The lowest BCUT2D eigenvalue weighted by molar-refractivity contribution is -0.119. The molecular weight excluding hydrogens is 212 g/mol. The van der Waals surface area contributed by atoms with Crippen molar-refractivity contribution in [2.75, 3.05) is 0 Å². The van der Waals surface area contributed by atoms with Gasteiger partial charge in [0.1, 0.15) is 0 Å². The number of nitrogens with two attached hydrogens (primary N) is 1. The normalized spacial score (nSPS) is 12.1. The van der Waals surface area contributed by atoms with Crippen LogP contribution in [0.4, 0.5) is 0 Å². The molecule has 0 saturated heterocycles. The monoisotopic (exact) mass is 226 g/mol. The van der Waals surface area contributed by atoms with Crippen LogP contribution in [0.2, 0.25) is 0 Å². The van der Waals surface area contributed by atoms with Crippen LogP contribution in [-0.2, 0) is 11.2 Å². The SMILES string of the molecule is NC(C(=O)Cc1ccccn1)c1ccccc1. The molecule has 2 rings (SSSR count). The standard InChI is InChI=1S/C14H14N2O/c15-14(11-6-2-1-3-7-11)13(17)10-12-8-4-5-9-16-12/h1-9,14H,10,15H2. The van der Waals surface area contributed by atoms with Crippen molar-refractivity contribution in [1.29, 1.82) is 0 Å². The summed E-state index contributed by atoms with van der Waals surface area (Å²) < 4.78 is 0. The molecule has 2 aromatic rings. The number of hydrogen-bond acceptors (Lipinski definition) is 3. The Morgan fingerprint density at radius 3 is 2.47 bits per heavy atom. The van der Waals surface area contributed by atoms with Crippen molar-refractivity contribution in [3.63, 3.8) is 0 Å². The third kappa shape index (κ3) is 2.98. The predicted octanol–water partition coefficient (Wildman–Crippen LogP) is 1.89. The highest BCUT2D eigenvalue weighted by Crippen LogP contribution is 2.12. The first kappa shape index (κ1) is 11.5. The molecule has 0 saturated carbocycles. The van der Waals surface area contributed by atoms with Crippen molar-refractivity contribution in [3.05, 3.63) is 66.0 Å². The number of Topliss-reactive ketones (excluding diaryl/α,β-unsaturated/α-hetero) is 1. The summed E-state index contributed by atoms with van der Waals surface area (Å²) in [5, 5.41) is 0. The van der Waals surface area contributed by atoms with Gasteiger partial charge in [-0.15, -0.1) is 0 Å². The highest BCUT2D eigenvalue weighted by Gasteiger charge is 2.15. The zero-order valence-electron chi connectivity index (χ0n) is 9.41. The maximum atomic E-state index is 11.9. The number of benzene rings is 1. The lowest BCUT2D eigenvalue weighted by Crippen LogP contribution is -2.23. The number of rotatable bonds is 4. The van der Waals surface area contributed by atoms with E-state index in [1.165, 1.54) is 0 Å². The average molecular weight is 226 g/mol. The lowest BCUT2D eigenvalue weighted by atomic mass is 10.0. The number of nitrogens with zero attached hydrogens (tertiary/aromatic N) is 1. The van der Waals surface area contributed by atoms with Crippen LogP contribution >= 0.6 is 0 Å². The van der Waals surface area contributed by atoms with E-state index in [4.69, 9.17) is 5.73 Å². The van der Waals surface area contributed by atoms with E-state index >= 15 is 0 Å². The molecule has 1 atom stereocenters. The van der Waals surface area contributed by atoms with Gasteiger partial charge >= 0.3 is 0 Å². The van der Waals surface area contributed by atoms with E-state index in [9.17, 15) is 4.79 Å². The van der Waals surface area contributed by atoms with Gasteiger partial charge in [-0.1, -0.05) is 36.4 Å². The van der Waals surface area contributed by atoms with Crippen LogP contribution in [0.3, 0.4) is 0 Å². The van der Waals surface area contributed by atoms with Gasteiger partial charge in [-0.25, -0.2) is 0 Å². The van der Waals surface area contributed by atoms with Gasteiger partial charge in [0.05, 0.1) is 12.5 Å². The van der Waals surface area contributed by atoms with Gasteiger partial charge in [0.25, 0.3) is 0 Å². The summed E-state index contributed by atoms with van der Waals surface area (Å²) in [6.07, 6.45) is 1.95. The number of hydrogen-bond donors (Lipinski definition) is 1. The fraction of sp³-hybridized carbons (Fsp3) is 0.143. The van der Waals surface area contributed by atoms with Crippen LogP contribution < -0.4 is 5.73 Å². The van der Waals surface area contributed by atoms with Crippen molar-refractivity contribution in [3.8, 4) is 0 Å². The Balaban J connectivity index is 2.06. The van der Waals surface area contributed by atoms with Crippen LogP contribution in [0, 0.1) is 0 Å². The fourth-order valence-corrected chi connectivity index (χ4v) is 1.64. The molecule has 3 nitrogen and oxygen atoms in total. The molecule has 0 radical (unpaired) electrons. The van der Waals surface area contributed by atoms with Gasteiger partial charge in [-0.2, -0.15) is 0 Å². The van der Waals surface area contributed by atoms with E-state index in [-0.39, 0.29) is 12.2 Å². The molecular formula is C14H14N2O. The minimum absolute atomic E-state index is 0.0186. The minimum Gasteiger partial charge on any atom is -0.318 e. The summed E-state index contributed by atoms with van der Waals surface area (Å²) in [5.41, 5.74) is 7.50. The smallest absolute Gasteiger partial charge is 0.159 e. The molecule has 0 aliphatic carbocycles. The van der Waals surface area contributed by atoms with Crippen molar-refractivity contribution in [1.82, 2.24) is 4.98 Å². The topological polar surface area (TPSA) is 56.0 Å². The molecule has 17 heavy (non-hydrogen) atoms. The second-order valence-electron chi connectivity index (χ2n) is 3.85. The highest BCUT2D eigenvalue weighted by atomic mass is 16.1. The van der Waals surface area contributed by atoms with Crippen LogP contribution in [0.1, 0.15) is 17.3 Å². The Bertz CT molecular complexity index is 482. The Morgan fingerprint density at radius 2 is 1.82 bits per heavy atom. The fourth-order valence-electron chi connectivity index (χ4n) is 1.64. The molecule has 1 unspecified atom stereocenters. The van der Waals surface area contributed by atoms with Crippen LogP contribution in [0.25, 0.3) is 0 Å². The molecule has 1 aromatic carbocycles. The molecule has 1 heterocycles. The third-order valence-electron chi connectivity index (χ3n) is 2.59. The summed E-state index contributed by atoms with van der Waals surface area (Å²) in [7, 11) is 0. The van der Waals surface area contributed by atoms with Gasteiger partial charge in [-0.05, 0) is 17.7 Å². The first-order valence-electron chi connectivity index (χ1n) is 5.50. The molecule has 3 heteroatoms. The second kappa shape index (κ2) is 5.37. The molecule has 1 aromatic heterocycles. The van der Waals surface area contributed by atoms with Crippen molar-refractivity contribution in [2.45, 2.75) is 12.5 Å². The molecule has 0 amide bonds. The largest absolute Gasteiger partial charge is 0.318 e. The number of carbonyl (C=O) groups excluding carboxylic acids is 1. The molecule has 0 aliphatic rings. The molecule has 0 aliphatic heterocycles. The molecule has 0 spiro atoms. The first-order valence-corrected chi connectivity index (χ1v) is 5.50. The Hall–Kier alpha value is -2.00. The number of carbonyl (C=O) groups is 1. The second-order valence-corrected chi connectivity index (χ2v) is 3.85. The van der Waals surface area contributed by atoms with E-state index in [1.54, 1.807) is 6.20 Å². The van der Waals surface area contributed by atoms with Gasteiger partial charge in [-0.3, -0.25) is 9.78 Å². The summed E-state index contributed by atoms with van der Waals surface area (Å²) in [6.45, 7) is 0. The Kier molecular flexibility index (Phi) is 3.62. The minimum atomic E-state index is -0.571. The summed E-state index contributed by atoms with van der Waals surface area (Å²) in [5.74, 6) is -0.0186. The van der Waals surface area contributed by atoms with Gasteiger partial charge in [0.15, 0.2) is 5.78 Å². The van der Waals surface area contributed by atoms with Crippen LogP contribution in [-0.4, -0.2) is 10.8 Å². The summed E-state index contributed by atoms with van der Waals surface area (Å²) >= 11 is 0. The predicted molar refractivity (Wildman–Crippen MR) is 66.3 cm³/mol. The first-order chi connectivity index (χ1) is 8.27. The van der Waals surface area contributed by atoms with Crippen molar-refractivity contribution in [2.24, 2.45) is 5.73 Å². The molecule has 86 valence electrons. The molecule has 2 N–H and O–H groups in total. The van der Waals surface area contributed by atoms with Gasteiger partial charge < -0.3 is 5.73 Å². The third-order valence-corrected chi connectivity index (χ3v) is 2.59. The number of ketones is 1. The average Bonchev–Trinajstić information content (AvgIpc) is 2.40. The number of pyridine rings is 1. The zero-order chi connectivity index (χ0) is 12.1. The van der Waals surface area contributed by atoms with E-state index in [1.807, 2.05) is 48.5 Å². The lowest BCUT2D eigenvalue weighted by Gasteiger charge is -2.10. The van der Waals surface area contributed by atoms with E-state index in [2.05, 4.69) is 4.98 Å². The van der Waals surface area contributed by atoms with Gasteiger partial charge in [0, 0.05) is 11.9 Å². The van der Waals surface area contributed by atoms with E-state index in [0.717, 1.165) is 11.3 Å². The highest BCUT2D eigenvalue weighted by molar-refractivity contribution is 5.86. The Morgan fingerprint density at radius 1 is 1.12 bits per heavy atom. The van der Waals surface area contributed by atoms with E-state index in [0.29, 0.717) is 0 Å². The zero-order valence-corrected chi connectivity index (χ0v) is 9.41. The quantitative estimate of drug-likeness (QED) is 0.866. The van der Waals surface area contributed by atoms with Crippen LogP contribution in [0.5, 0.6) is 0 Å². The Labute approximate surface area is 100 Å². The van der Waals surface area contributed by atoms with E-state index < -0.39 is 6.04 Å².